The van der Waals surface area contributed by atoms with Gasteiger partial charge in [0.15, 0.2) is 15.6 Å². The van der Waals surface area contributed by atoms with E-state index in [1.54, 1.807) is 0 Å². The molecule has 1 aliphatic heterocycles. The topological polar surface area (TPSA) is 122 Å². The quantitative estimate of drug-likeness (QED) is 0.378. The first-order valence-electron chi connectivity index (χ1n) is 12.6. The van der Waals surface area contributed by atoms with Crippen LogP contribution in [0.15, 0.2) is 51.8 Å². The number of hydrogen-bond donors (Lipinski definition) is 2. The lowest BCUT2D eigenvalue weighted by Crippen LogP contribution is -2.54. The summed E-state index contributed by atoms with van der Waals surface area (Å²) in [5.41, 5.74) is -1.29. The molecule has 0 bridgehead atoms. The van der Waals surface area contributed by atoms with Crippen molar-refractivity contribution in [1.29, 1.82) is 0 Å². The second kappa shape index (κ2) is 12.7. The molecule has 2 amide bonds. The number of nitrogens with one attached hydrogen (secondary N) is 2. The van der Waals surface area contributed by atoms with Gasteiger partial charge in [-0.05, 0) is 58.6 Å². The second-order valence-corrected chi connectivity index (χ2v) is 13.4. The van der Waals surface area contributed by atoms with E-state index in [4.69, 9.17) is 0 Å². The molecular weight excluding hydrogens is 650 g/mol. The van der Waals surface area contributed by atoms with Crippen LogP contribution in [0.5, 0.6) is 0 Å². The number of carbonyl (C=O) groups is 3. The molecule has 0 aliphatic carbocycles. The number of halogens is 5. The zero-order valence-electron chi connectivity index (χ0n) is 23.1. The average Bonchev–Trinajstić information content (AvgIpc) is 3.23. The van der Waals surface area contributed by atoms with Gasteiger partial charge < -0.3 is 10.1 Å². The number of likely N-dealkylation sites (tertiary alicyclic amines) is 1. The molecule has 9 nitrogen and oxygen atoms in total. The van der Waals surface area contributed by atoms with Crippen LogP contribution in [-0.4, -0.2) is 81.5 Å². The van der Waals surface area contributed by atoms with Crippen molar-refractivity contribution in [2.75, 3.05) is 26.5 Å². The minimum absolute atomic E-state index is 0.0571. The summed E-state index contributed by atoms with van der Waals surface area (Å²) in [5.74, 6) is -1.58. The van der Waals surface area contributed by atoms with E-state index in [2.05, 4.69) is 31.3 Å². The molecule has 15 heteroatoms. The van der Waals surface area contributed by atoms with E-state index < -0.39 is 64.0 Å². The number of amides is 2. The van der Waals surface area contributed by atoms with Gasteiger partial charge in [0.05, 0.1) is 31.1 Å². The molecule has 1 fully saturated rings. The number of alkyl halides is 4. The van der Waals surface area contributed by atoms with E-state index in [1.807, 2.05) is 0 Å². The number of ether oxygens (including phenoxy) is 1. The molecule has 1 heterocycles. The number of carbonyl (C=O) groups excluding carboxylic acids is 3. The van der Waals surface area contributed by atoms with Crippen molar-refractivity contribution in [3.8, 4) is 11.1 Å². The van der Waals surface area contributed by atoms with E-state index in [1.165, 1.54) is 42.5 Å². The Hall–Kier alpha value is -3.04. The maximum atomic E-state index is 14.6. The van der Waals surface area contributed by atoms with Crippen molar-refractivity contribution >= 4 is 43.6 Å². The predicted octanol–water partition coefficient (Wildman–Crippen LogP) is 4.36. The summed E-state index contributed by atoms with van der Waals surface area (Å²) in [5, 5.41) is 4.56. The highest BCUT2D eigenvalue weighted by Gasteiger charge is 2.44. The molecular formula is C27H30BrF4N3O6S. The zero-order chi connectivity index (χ0) is 31.6. The summed E-state index contributed by atoms with van der Waals surface area (Å²) in [6, 6.07) is 4.36. The third-order valence-electron chi connectivity index (χ3n) is 6.50. The molecule has 0 spiro atoms. The molecule has 3 rings (SSSR count). The molecule has 0 saturated carbocycles. The van der Waals surface area contributed by atoms with Gasteiger partial charge >= 0.3 is 12.3 Å². The van der Waals surface area contributed by atoms with Gasteiger partial charge in [0, 0.05) is 17.1 Å². The number of sulfone groups is 1. The lowest BCUT2D eigenvalue weighted by Gasteiger charge is -2.30. The van der Waals surface area contributed by atoms with Gasteiger partial charge in [0.25, 0.3) is 0 Å². The molecule has 0 aromatic heterocycles. The Kier molecular flexibility index (Phi) is 10.1. The molecule has 230 valence electrons. The van der Waals surface area contributed by atoms with Gasteiger partial charge in [-0.15, -0.1) is 0 Å². The molecule has 42 heavy (non-hydrogen) atoms. The van der Waals surface area contributed by atoms with Gasteiger partial charge in [-0.25, -0.2) is 17.6 Å². The Morgan fingerprint density at radius 2 is 1.69 bits per heavy atom. The summed E-state index contributed by atoms with van der Waals surface area (Å²) in [6.07, 6.45) is -5.30. The highest BCUT2D eigenvalue weighted by atomic mass is 79.9. The fourth-order valence-electron chi connectivity index (χ4n) is 4.49. The first kappa shape index (κ1) is 33.5. The van der Waals surface area contributed by atoms with Crippen molar-refractivity contribution in [2.45, 2.75) is 55.1 Å². The molecule has 3 atom stereocenters. The molecule has 2 aromatic rings. The number of benzene rings is 2. The minimum Gasteiger partial charge on any atom is -0.453 e. The smallest absolute Gasteiger partial charge is 0.409 e. The van der Waals surface area contributed by atoms with Crippen molar-refractivity contribution in [3.63, 3.8) is 0 Å². The third kappa shape index (κ3) is 8.51. The van der Waals surface area contributed by atoms with Crippen LogP contribution in [0.4, 0.5) is 22.4 Å². The largest absolute Gasteiger partial charge is 0.453 e. The first-order valence-corrected chi connectivity index (χ1v) is 15.3. The van der Waals surface area contributed by atoms with Crippen LogP contribution in [-0.2, 0) is 24.2 Å². The van der Waals surface area contributed by atoms with Crippen molar-refractivity contribution < 1.29 is 45.1 Å². The molecule has 1 saturated heterocycles. The van der Waals surface area contributed by atoms with Gasteiger partial charge in [0.2, 0.25) is 5.91 Å². The van der Waals surface area contributed by atoms with Crippen LogP contribution in [0.3, 0.4) is 0 Å². The fourth-order valence-corrected chi connectivity index (χ4v) is 6.48. The van der Waals surface area contributed by atoms with E-state index in [-0.39, 0.29) is 23.5 Å². The zero-order valence-corrected chi connectivity index (χ0v) is 25.5. The van der Waals surface area contributed by atoms with Crippen LogP contribution in [0, 0.1) is 0 Å². The van der Waals surface area contributed by atoms with Crippen molar-refractivity contribution in [2.24, 2.45) is 0 Å². The molecule has 1 unspecified atom stereocenters. The SMILES string of the molecule is COC(=O)N1CC(=O)C(NC(=O)[C@H](CC(C)(C)F)N[C@@H](c2ccc(-c3ccc(S(C)(=O)=O)c(Br)c3)cc2)C(F)(F)F)C1. The highest BCUT2D eigenvalue weighted by molar-refractivity contribution is 9.10. The Morgan fingerprint density at radius 3 is 2.19 bits per heavy atom. The van der Waals surface area contributed by atoms with Gasteiger partial charge in [-0.1, -0.05) is 30.3 Å². The predicted molar refractivity (Wildman–Crippen MR) is 149 cm³/mol. The number of Topliss-reactive ketones (excluding diaryl/α,β-unsaturated/α-hetero) is 1. The number of nitrogens with zero attached hydrogens (tertiary/aromatic N) is 1. The van der Waals surface area contributed by atoms with Gasteiger partial charge in [-0.2, -0.15) is 13.2 Å². The Labute approximate surface area is 249 Å². The summed E-state index contributed by atoms with van der Waals surface area (Å²) < 4.78 is 86.1. The Bertz CT molecular complexity index is 1450. The average molecular weight is 681 g/mol. The summed E-state index contributed by atoms with van der Waals surface area (Å²) in [7, 11) is -2.39. The fraction of sp³-hybridized carbons (Fsp3) is 0.444. The standard InChI is InChI=1S/C27H30BrF4N3O6S/c1-26(2,29)12-19(24(37)34-20-13-35(14-21(20)36)25(38)41-3)33-23(27(30,31)32)16-7-5-15(6-8-16)17-9-10-22(18(28)11-17)42(4,39)40/h5-11,19-20,23,33H,12-14H2,1-4H3,(H,34,37)/t19-,20?,23-/m0/s1. The van der Waals surface area contributed by atoms with Gasteiger partial charge in [-0.3, -0.25) is 19.8 Å². The molecule has 0 radical (unpaired) electrons. The summed E-state index contributed by atoms with van der Waals surface area (Å²) in [4.78, 5) is 38.2. The number of rotatable bonds is 9. The number of methoxy groups -OCH3 is 1. The first-order chi connectivity index (χ1) is 19.3. The maximum absolute atomic E-state index is 14.6. The normalized spacial score (nSPS) is 17.6. The van der Waals surface area contributed by atoms with Crippen LogP contribution in [0.25, 0.3) is 11.1 Å². The summed E-state index contributed by atoms with van der Waals surface area (Å²) >= 11 is 3.20. The van der Waals surface area contributed by atoms with Gasteiger partial charge in [0.1, 0.15) is 17.8 Å². The highest BCUT2D eigenvalue weighted by Crippen LogP contribution is 2.36. The molecule has 2 aromatic carbocycles. The van der Waals surface area contributed by atoms with Crippen LogP contribution < -0.4 is 10.6 Å². The van der Waals surface area contributed by atoms with Crippen molar-refractivity contribution in [3.05, 3.63) is 52.5 Å². The Balaban J connectivity index is 1.86. The van der Waals surface area contributed by atoms with E-state index in [9.17, 15) is 40.4 Å². The van der Waals surface area contributed by atoms with Crippen molar-refractivity contribution in [1.82, 2.24) is 15.5 Å². The van der Waals surface area contributed by atoms with Crippen LogP contribution in [0.1, 0.15) is 31.9 Å². The second-order valence-electron chi connectivity index (χ2n) is 10.5. The number of ketones is 1. The Morgan fingerprint density at radius 1 is 1.10 bits per heavy atom. The molecule has 2 N–H and O–H groups in total. The van der Waals surface area contributed by atoms with Crippen LogP contribution in [0.2, 0.25) is 0 Å². The maximum Gasteiger partial charge on any atom is 0.409 e. The minimum atomic E-state index is -4.90. The van der Waals surface area contributed by atoms with E-state index in [0.29, 0.717) is 15.6 Å². The van der Waals surface area contributed by atoms with E-state index >= 15 is 0 Å². The monoisotopic (exact) mass is 679 g/mol. The number of hydrogen-bond acceptors (Lipinski definition) is 7. The lowest BCUT2D eigenvalue weighted by molar-refractivity contribution is -0.161. The third-order valence-corrected chi connectivity index (χ3v) is 8.57. The molecule has 1 aliphatic rings. The van der Waals surface area contributed by atoms with E-state index in [0.717, 1.165) is 32.1 Å². The van der Waals surface area contributed by atoms with Crippen LogP contribution >= 0.6 is 15.9 Å². The summed E-state index contributed by atoms with van der Waals surface area (Å²) in [6.45, 7) is 1.63. The lowest BCUT2D eigenvalue weighted by atomic mass is 9.96.